The molecule has 0 radical (unpaired) electrons. The van der Waals surface area contributed by atoms with Crippen LogP contribution in [0.3, 0.4) is 0 Å². The van der Waals surface area contributed by atoms with Crippen molar-refractivity contribution in [3.8, 4) is 6.07 Å². The maximum atomic E-state index is 12.3. The first kappa shape index (κ1) is 15.0. The van der Waals surface area contributed by atoms with Gasteiger partial charge in [-0.2, -0.15) is 5.26 Å². The smallest absolute Gasteiger partial charge is 0.328 e. The number of H-pyrrole nitrogens is 1. The molecule has 0 aromatic carbocycles. The van der Waals surface area contributed by atoms with E-state index in [0.29, 0.717) is 19.0 Å². The molecule has 1 saturated heterocycles. The van der Waals surface area contributed by atoms with Crippen LogP contribution in [0.1, 0.15) is 31.7 Å². The molecule has 1 fully saturated rings. The van der Waals surface area contributed by atoms with Crippen molar-refractivity contribution < 1.29 is 4.79 Å². The Morgan fingerprint density at radius 3 is 2.90 bits per heavy atom. The minimum absolute atomic E-state index is 0.154. The molecular weight excluding hydrogens is 272 g/mol. The van der Waals surface area contributed by atoms with E-state index in [1.54, 1.807) is 11.0 Å². The second-order valence-corrected chi connectivity index (χ2v) is 5.46. The fourth-order valence-electron chi connectivity index (χ4n) is 2.46. The average Bonchev–Trinajstić information content (AvgIpc) is 2.66. The number of rotatable bonds is 2. The van der Waals surface area contributed by atoms with Gasteiger partial charge in [-0.1, -0.05) is 6.92 Å². The second kappa shape index (κ2) is 6.39. The molecule has 112 valence electrons. The Bertz CT molecular complexity index is 683. The van der Waals surface area contributed by atoms with Gasteiger partial charge in [-0.05, 0) is 25.2 Å². The number of aromatic amines is 1. The molecule has 2 heterocycles. The van der Waals surface area contributed by atoms with Crippen molar-refractivity contribution in [3.05, 3.63) is 32.6 Å². The van der Waals surface area contributed by atoms with Crippen molar-refractivity contribution in [2.75, 3.05) is 13.1 Å². The van der Waals surface area contributed by atoms with Gasteiger partial charge in [0.2, 0.25) is 5.91 Å². The van der Waals surface area contributed by atoms with Crippen molar-refractivity contribution >= 4 is 5.91 Å². The van der Waals surface area contributed by atoms with Gasteiger partial charge in [-0.25, -0.2) is 4.79 Å². The normalized spacial score (nSPS) is 18.9. The van der Waals surface area contributed by atoms with Gasteiger partial charge in [0.1, 0.15) is 18.2 Å². The minimum Gasteiger partial charge on any atom is -0.341 e. The van der Waals surface area contributed by atoms with Crippen molar-refractivity contribution in [2.45, 2.75) is 32.7 Å². The molecule has 7 heteroatoms. The fraction of sp³-hybridized carbons (Fsp3) is 0.571. The second-order valence-electron chi connectivity index (χ2n) is 5.46. The highest BCUT2D eigenvalue weighted by molar-refractivity contribution is 5.76. The van der Waals surface area contributed by atoms with E-state index in [0.717, 1.165) is 30.0 Å². The lowest BCUT2D eigenvalue weighted by atomic mass is 10.0. The Kier molecular flexibility index (Phi) is 4.58. The minimum atomic E-state index is -0.727. The van der Waals surface area contributed by atoms with Crippen LogP contribution in [0.4, 0.5) is 0 Å². The lowest BCUT2D eigenvalue weighted by Gasteiger charge is -2.20. The molecule has 2 rings (SSSR count). The number of carbonyl (C=O) groups is 1. The number of likely N-dealkylation sites (tertiary alicyclic amines) is 1. The molecule has 1 aromatic rings. The highest BCUT2D eigenvalue weighted by atomic mass is 16.2. The summed E-state index contributed by atoms with van der Waals surface area (Å²) in [5, 5.41) is 8.80. The van der Waals surface area contributed by atoms with Gasteiger partial charge in [-0.3, -0.25) is 19.1 Å². The summed E-state index contributed by atoms with van der Waals surface area (Å²) in [5.74, 6) is 0.436. The Morgan fingerprint density at radius 2 is 2.19 bits per heavy atom. The molecular formula is C14H18N4O3. The van der Waals surface area contributed by atoms with E-state index in [4.69, 9.17) is 5.26 Å². The van der Waals surface area contributed by atoms with Crippen molar-refractivity contribution in [3.63, 3.8) is 0 Å². The molecule has 0 unspecified atom stereocenters. The highest BCUT2D eigenvalue weighted by Crippen LogP contribution is 2.16. The Hall–Kier alpha value is -2.36. The number of hydrogen-bond acceptors (Lipinski definition) is 4. The lowest BCUT2D eigenvalue weighted by Crippen LogP contribution is -2.39. The predicted molar refractivity (Wildman–Crippen MR) is 75.6 cm³/mol. The van der Waals surface area contributed by atoms with Gasteiger partial charge in [0.25, 0.3) is 5.56 Å². The molecule has 0 spiro atoms. The zero-order valence-electron chi connectivity index (χ0n) is 12.0. The molecule has 0 saturated carbocycles. The van der Waals surface area contributed by atoms with Crippen LogP contribution < -0.4 is 11.2 Å². The third-order valence-electron chi connectivity index (χ3n) is 3.81. The number of nitrogens with one attached hydrogen (secondary N) is 1. The van der Waals surface area contributed by atoms with Gasteiger partial charge in [0.15, 0.2) is 0 Å². The number of hydrogen-bond donors (Lipinski definition) is 1. The van der Waals surface area contributed by atoms with Crippen LogP contribution in [0, 0.1) is 17.2 Å². The predicted octanol–water partition coefficient (Wildman–Crippen LogP) is 0.0569. The molecule has 7 nitrogen and oxygen atoms in total. The van der Waals surface area contributed by atoms with Crippen LogP contribution in [0.25, 0.3) is 0 Å². The van der Waals surface area contributed by atoms with Crippen LogP contribution >= 0.6 is 0 Å². The zero-order chi connectivity index (χ0) is 15.4. The van der Waals surface area contributed by atoms with Crippen LogP contribution in [0.2, 0.25) is 0 Å². The first-order chi connectivity index (χ1) is 10.0. The van der Waals surface area contributed by atoms with E-state index in [2.05, 4.69) is 6.92 Å². The number of amides is 1. The third-order valence-corrected chi connectivity index (χ3v) is 3.81. The maximum Gasteiger partial charge on any atom is 0.328 e. The van der Waals surface area contributed by atoms with Crippen molar-refractivity contribution in [1.29, 1.82) is 5.26 Å². The quantitative estimate of drug-likeness (QED) is 0.832. The summed E-state index contributed by atoms with van der Waals surface area (Å²) in [6.07, 6.45) is 4.15. The van der Waals surface area contributed by atoms with E-state index in [-0.39, 0.29) is 18.0 Å². The summed E-state index contributed by atoms with van der Waals surface area (Å²) in [5.41, 5.74) is -1.57. The Labute approximate surface area is 121 Å². The summed E-state index contributed by atoms with van der Waals surface area (Å²) in [6.45, 7) is 3.38. The van der Waals surface area contributed by atoms with Crippen LogP contribution in [-0.2, 0) is 11.3 Å². The number of nitriles is 1. The first-order valence-corrected chi connectivity index (χ1v) is 7.03. The van der Waals surface area contributed by atoms with Gasteiger partial charge in [-0.15, -0.1) is 0 Å². The SMILES string of the molecule is C[C@@H]1CCCN(C(=O)Cn2cc(C#N)c(=O)[nH]c2=O)CC1. The summed E-state index contributed by atoms with van der Waals surface area (Å²) in [7, 11) is 0. The molecule has 1 atom stereocenters. The summed E-state index contributed by atoms with van der Waals surface area (Å²) < 4.78 is 1.08. The Balaban J connectivity index is 2.14. The molecule has 0 aliphatic carbocycles. The Morgan fingerprint density at radius 1 is 1.43 bits per heavy atom. The molecule has 1 N–H and O–H groups in total. The average molecular weight is 290 g/mol. The van der Waals surface area contributed by atoms with E-state index in [1.165, 1.54) is 0 Å². The standard InChI is InChI=1S/C14H18N4O3/c1-10-3-2-5-17(6-4-10)12(19)9-18-8-11(7-15)13(20)16-14(18)21/h8,10H,2-6,9H2,1H3,(H,16,20,21)/t10-/m1/s1. The third kappa shape index (κ3) is 3.60. The molecule has 1 aromatic heterocycles. The molecule has 1 aliphatic heterocycles. The number of aromatic nitrogens is 2. The van der Waals surface area contributed by atoms with Crippen LogP contribution in [-0.4, -0.2) is 33.4 Å². The monoisotopic (exact) mass is 290 g/mol. The summed E-state index contributed by atoms with van der Waals surface area (Å²) in [4.78, 5) is 39.0. The topological polar surface area (TPSA) is 99.0 Å². The van der Waals surface area contributed by atoms with E-state index < -0.39 is 11.2 Å². The van der Waals surface area contributed by atoms with E-state index >= 15 is 0 Å². The molecule has 1 amide bonds. The maximum absolute atomic E-state index is 12.3. The lowest BCUT2D eigenvalue weighted by molar-refractivity contribution is -0.131. The number of nitrogens with zero attached hydrogens (tertiary/aromatic N) is 3. The highest BCUT2D eigenvalue weighted by Gasteiger charge is 2.19. The van der Waals surface area contributed by atoms with Crippen molar-refractivity contribution in [1.82, 2.24) is 14.5 Å². The van der Waals surface area contributed by atoms with Gasteiger partial charge >= 0.3 is 5.69 Å². The summed E-state index contributed by atoms with van der Waals surface area (Å²) in [6, 6.07) is 1.70. The zero-order valence-corrected chi connectivity index (χ0v) is 12.0. The van der Waals surface area contributed by atoms with Gasteiger partial charge in [0.05, 0.1) is 0 Å². The summed E-state index contributed by atoms with van der Waals surface area (Å²) >= 11 is 0. The van der Waals surface area contributed by atoms with Crippen LogP contribution in [0.15, 0.2) is 15.8 Å². The van der Waals surface area contributed by atoms with E-state index in [1.807, 2.05) is 4.98 Å². The van der Waals surface area contributed by atoms with Crippen LogP contribution in [0.5, 0.6) is 0 Å². The fourth-order valence-corrected chi connectivity index (χ4v) is 2.46. The first-order valence-electron chi connectivity index (χ1n) is 7.03. The van der Waals surface area contributed by atoms with E-state index in [9.17, 15) is 14.4 Å². The molecule has 21 heavy (non-hydrogen) atoms. The molecule has 0 bridgehead atoms. The van der Waals surface area contributed by atoms with Gasteiger partial charge in [0, 0.05) is 19.3 Å². The molecule has 1 aliphatic rings. The van der Waals surface area contributed by atoms with Gasteiger partial charge < -0.3 is 4.90 Å². The number of carbonyl (C=O) groups excluding carboxylic acids is 1. The largest absolute Gasteiger partial charge is 0.341 e. The van der Waals surface area contributed by atoms with Crippen molar-refractivity contribution in [2.24, 2.45) is 5.92 Å².